The second-order valence-electron chi connectivity index (χ2n) is 5.88. The Morgan fingerprint density at radius 1 is 1.26 bits per heavy atom. The predicted molar refractivity (Wildman–Crippen MR) is 79.3 cm³/mol. The van der Waals surface area contributed by atoms with Crippen molar-refractivity contribution >= 4 is 0 Å². The van der Waals surface area contributed by atoms with Gasteiger partial charge in [0, 0.05) is 6.04 Å². The third-order valence-electron chi connectivity index (χ3n) is 3.38. The molecule has 2 aromatic rings. The molecule has 0 saturated heterocycles. The molecule has 1 aromatic carbocycles. The van der Waals surface area contributed by atoms with E-state index in [2.05, 4.69) is 20.7 Å². The van der Waals surface area contributed by atoms with Gasteiger partial charge < -0.3 is 5.32 Å². The Kier molecular flexibility index (Phi) is 5.35. The highest BCUT2D eigenvalue weighted by Crippen LogP contribution is 2.32. The van der Waals surface area contributed by atoms with Crippen molar-refractivity contribution < 1.29 is 13.2 Å². The van der Waals surface area contributed by atoms with Crippen molar-refractivity contribution in [2.24, 2.45) is 13.0 Å². The number of aromatic nitrogens is 4. The van der Waals surface area contributed by atoms with Gasteiger partial charge in [-0.2, -0.15) is 18.0 Å². The quantitative estimate of drug-likeness (QED) is 0.886. The lowest BCUT2D eigenvalue weighted by atomic mass is 9.95. The molecule has 23 heavy (non-hydrogen) atoms. The Morgan fingerprint density at radius 2 is 2.00 bits per heavy atom. The molecule has 0 unspecified atom stereocenters. The zero-order valence-electron chi connectivity index (χ0n) is 13.3. The minimum absolute atomic E-state index is 0.207. The maximum atomic E-state index is 12.9. The van der Waals surface area contributed by atoms with E-state index >= 15 is 0 Å². The van der Waals surface area contributed by atoms with Crippen LogP contribution in [0.15, 0.2) is 24.3 Å². The number of tetrazole rings is 1. The average Bonchev–Trinajstić information content (AvgIpc) is 2.88. The zero-order chi connectivity index (χ0) is 17.0. The number of aryl methyl sites for hydroxylation is 1. The van der Waals surface area contributed by atoms with Gasteiger partial charge in [0.1, 0.15) is 0 Å². The van der Waals surface area contributed by atoms with Crippen LogP contribution in [-0.4, -0.2) is 20.2 Å². The number of benzene rings is 1. The first kappa shape index (κ1) is 17.4. The standard InChI is InChI=1S/C15H20F3N5/c1-10(2)7-13(19-9-14-20-22-23(3)21-14)11-5-4-6-12(8-11)15(16,17)18/h4-6,8,10,13,19H,7,9H2,1-3H3/t13-/m0/s1. The fourth-order valence-corrected chi connectivity index (χ4v) is 2.35. The van der Waals surface area contributed by atoms with E-state index in [-0.39, 0.29) is 6.04 Å². The minimum Gasteiger partial charge on any atom is -0.303 e. The topological polar surface area (TPSA) is 55.6 Å². The number of hydrogen-bond acceptors (Lipinski definition) is 4. The molecule has 1 atom stereocenters. The summed E-state index contributed by atoms with van der Waals surface area (Å²) in [5.41, 5.74) is -0.0272. The molecule has 1 aromatic heterocycles. The molecule has 1 N–H and O–H groups in total. The molecule has 0 aliphatic rings. The lowest BCUT2D eigenvalue weighted by molar-refractivity contribution is -0.137. The number of nitrogens with zero attached hydrogens (tertiary/aromatic N) is 4. The lowest BCUT2D eigenvalue weighted by Crippen LogP contribution is -2.23. The van der Waals surface area contributed by atoms with Gasteiger partial charge in [-0.05, 0) is 35.2 Å². The fraction of sp³-hybridized carbons (Fsp3) is 0.533. The monoisotopic (exact) mass is 327 g/mol. The van der Waals surface area contributed by atoms with Crippen LogP contribution in [0.4, 0.5) is 13.2 Å². The van der Waals surface area contributed by atoms with Crippen LogP contribution in [-0.2, 0) is 19.8 Å². The summed E-state index contributed by atoms with van der Waals surface area (Å²) in [5.74, 6) is 0.838. The highest BCUT2D eigenvalue weighted by molar-refractivity contribution is 5.28. The number of alkyl halides is 3. The van der Waals surface area contributed by atoms with Crippen LogP contribution in [0.2, 0.25) is 0 Å². The molecular weight excluding hydrogens is 307 g/mol. The molecule has 0 spiro atoms. The molecule has 0 amide bonds. The predicted octanol–water partition coefficient (Wildman–Crippen LogP) is 3.11. The van der Waals surface area contributed by atoms with Crippen LogP contribution in [0.25, 0.3) is 0 Å². The molecule has 0 bridgehead atoms. The van der Waals surface area contributed by atoms with Gasteiger partial charge in [0.05, 0.1) is 19.2 Å². The van der Waals surface area contributed by atoms with Crippen molar-refractivity contribution in [3.05, 3.63) is 41.2 Å². The van der Waals surface area contributed by atoms with Crippen molar-refractivity contribution in [2.75, 3.05) is 0 Å². The fourth-order valence-electron chi connectivity index (χ4n) is 2.35. The molecule has 8 heteroatoms. The molecular formula is C15H20F3N5. The Bertz CT molecular complexity index is 636. The van der Waals surface area contributed by atoms with Gasteiger partial charge in [-0.1, -0.05) is 26.0 Å². The summed E-state index contributed by atoms with van der Waals surface area (Å²) in [6.45, 7) is 4.41. The van der Waals surface area contributed by atoms with E-state index < -0.39 is 11.7 Å². The van der Waals surface area contributed by atoms with Crippen molar-refractivity contribution in [3.63, 3.8) is 0 Å². The first-order valence-electron chi connectivity index (χ1n) is 7.39. The first-order valence-corrected chi connectivity index (χ1v) is 7.39. The molecule has 1 heterocycles. The van der Waals surface area contributed by atoms with E-state index in [4.69, 9.17) is 0 Å². The Hall–Kier alpha value is -1.96. The number of halogens is 3. The molecule has 0 aliphatic carbocycles. The maximum Gasteiger partial charge on any atom is 0.416 e. The highest BCUT2D eigenvalue weighted by Gasteiger charge is 2.31. The van der Waals surface area contributed by atoms with Crippen molar-refractivity contribution in [1.29, 1.82) is 0 Å². The second kappa shape index (κ2) is 7.08. The highest BCUT2D eigenvalue weighted by atomic mass is 19.4. The third kappa shape index (κ3) is 5.02. The minimum atomic E-state index is -4.34. The van der Waals surface area contributed by atoms with Crippen LogP contribution in [0.1, 0.15) is 43.3 Å². The summed E-state index contributed by atoms with van der Waals surface area (Å²) in [5, 5.41) is 14.9. The van der Waals surface area contributed by atoms with Crippen molar-refractivity contribution in [3.8, 4) is 0 Å². The Morgan fingerprint density at radius 3 is 2.57 bits per heavy atom. The van der Waals surface area contributed by atoms with Gasteiger partial charge in [0.2, 0.25) is 0 Å². The van der Waals surface area contributed by atoms with Crippen LogP contribution in [0.3, 0.4) is 0 Å². The smallest absolute Gasteiger partial charge is 0.303 e. The summed E-state index contributed by atoms with van der Waals surface area (Å²) in [6.07, 6.45) is -3.63. The van der Waals surface area contributed by atoms with E-state index in [0.29, 0.717) is 30.3 Å². The van der Waals surface area contributed by atoms with Crippen LogP contribution < -0.4 is 5.32 Å². The normalized spacial score (nSPS) is 13.5. The number of hydrogen-bond donors (Lipinski definition) is 1. The zero-order valence-corrected chi connectivity index (χ0v) is 13.3. The molecule has 0 fully saturated rings. The van der Waals surface area contributed by atoms with Gasteiger partial charge >= 0.3 is 6.18 Å². The average molecular weight is 327 g/mol. The summed E-state index contributed by atoms with van der Waals surface area (Å²) < 4.78 is 38.7. The van der Waals surface area contributed by atoms with Gasteiger partial charge in [0.25, 0.3) is 0 Å². The third-order valence-corrected chi connectivity index (χ3v) is 3.38. The second-order valence-corrected chi connectivity index (χ2v) is 5.88. The van der Waals surface area contributed by atoms with Crippen molar-refractivity contribution in [1.82, 2.24) is 25.5 Å². The molecule has 2 rings (SSSR count). The van der Waals surface area contributed by atoms with Gasteiger partial charge in [0.15, 0.2) is 5.82 Å². The van der Waals surface area contributed by atoms with E-state index in [1.54, 1.807) is 13.1 Å². The van der Waals surface area contributed by atoms with E-state index in [9.17, 15) is 13.2 Å². The van der Waals surface area contributed by atoms with Crippen molar-refractivity contribution in [2.45, 2.75) is 39.0 Å². The van der Waals surface area contributed by atoms with Gasteiger partial charge in [-0.3, -0.25) is 0 Å². The number of nitrogens with one attached hydrogen (secondary N) is 1. The molecule has 0 saturated carbocycles. The summed E-state index contributed by atoms with van der Waals surface area (Å²) in [4.78, 5) is 1.35. The molecule has 0 radical (unpaired) electrons. The summed E-state index contributed by atoms with van der Waals surface area (Å²) in [6, 6.07) is 5.22. The summed E-state index contributed by atoms with van der Waals surface area (Å²) in [7, 11) is 1.66. The van der Waals surface area contributed by atoms with E-state index in [1.165, 1.54) is 16.9 Å². The maximum absolute atomic E-state index is 12.9. The Balaban J connectivity index is 2.17. The van der Waals surface area contributed by atoms with Crippen LogP contribution in [0.5, 0.6) is 0 Å². The SMILES string of the molecule is CC(C)C[C@H](NCc1nnn(C)n1)c1cccc(C(F)(F)F)c1. The van der Waals surface area contributed by atoms with Crippen LogP contribution >= 0.6 is 0 Å². The van der Waals surface area contributed by atoms with E-state index in [0.717, 1.165) is 6.07 Å². The van der Waals surface area contributed by atoms with Gasteiger partial charge in [-0.25, -0.2) is 0 Å². The first-order chi connectivity index (χ1) is 10.8. The lowest BCUT2D eigenvalue weighted by Gasteiger charge is -2.21. The van der Waals surface area contributed by atoms with Gasteiger partial charge in [-0.15, -0.1) is 10.2 Å². The van der Waals surface area contributed by atoms with E-state index in [1.807, 2.05) is 13.8 Å². The molecule has 126 valence electrons. The molecule has 0 aliphatic heterocycles. The molecule has 5 nitrogen and oxygen atoms in total. The van der Waals surface area contributed by atoms with Crippen LogP contribution in [0, 0.1) is 5.92 Å². The Labute approximate surface area is 132 Å². The summed E-state index contributed by atoms with van der Waals surface area (Å²) >= 11 is 0. The largest absolute Gasteiger partial charge is 0.416 e. The number of rotatable bonds is 6.